The molecule has 0 atom stereocenters. The fourth-order valence-electron chi connectivity index (χ4n) is 2.96. The highest BCUT2D eigenvalue weighted by molar-refractivity contribution is 5.62. The molecule has 27 heavy (non-hydrogen) atoms. The molecule has 7 heteroatoms. The van der Waals surface area contributed by atoms with E-state index < -0.39 is 0 Å². The molecule has 0 bridgehead atoms. The molecule has 4 rings (SSSR count). The highest BCUT2D eigenvalue weighted by Crippen LogP contribution is 2.22. The minimum absolute atomic E-state index is 0.515. The summed E-state index contributed by atoms with van der Waals surface area (Å²) in [5.41, 5.74) is 3.06. The molecule has 0 aliphatic carbocycles. The maximum absolute atomic E-state index is 5.41. The van der Waals surface area contributed by atoms with Crippen molar-refractivity contribution in [2.24, 2.45) is 0 Å². The van der Waals surface area contributed by atoms with Crippen molar-refractivity contribution in [3.63, 3.8) is 0 Å². The number of hydrogen-bond donors (Lipinski definition) is 2. The summed E-state index contributed by atoms with van der Waals surface area (Å²) in [4.78, 5) is 15.5. The number of rotatable bonds is 5. The molecule has 138 valence electrons. The third kappa shape index (κ3) is 4.51. The first-order valence-corrected chi connectivity index (χ1v) is 9.00. The largest absolute Gasteiger partial charge is 0.378 e. The minimum Gasteiger partial charge on any atom is -0.378 e. The molecule has 1 aliphatic rings. The van der Waals surface area contributed by atoms with Gasteiger partial charge in [-0.1, -0.05) is 6.07 Å². The van der Waals surface area contributed by atoms with Gasteiger partial charge < -0.3 is 20.3 Å². The van der Waals surface area contributed by atoms with Gasteiger partial charge in [0, 0.05) is 42.4 Å². The van der Waals surface area contributed by atoms with Gasteiger partial charge in [0.15, 0.2) is 0 Å². The predicted octanol–water partition coefficient (Wildman–Crippen LogP) is 3.50. The van der Waals surface area contributed by atoms with Crippen LogP contribution in [-0.2, 0) is 4.74 Å². The van der Waals surface area contributed by atoms with Gasteiger partial charge in [-0.25, -0.2) is 9.97 Å². The van der Waals surface area contributed by atoms with Gasteiger partial charge >= 0.3 is 0 Å². The van der Waals surface area contributed by atoms with Crippen molar-refractivity contribution in [3.05, 3.63) is 60.4 Å². The zero-order chi connectivity index (χ0) is 18.5. The Morgan fingerprint density at radius 1 is 0.926 bits per heavy atom. The van der Waals surface area contributed by atoms with Crippen molar-refractivity contribution >= 4 is 29.0 Å². The summed E-state index contributed by atoms with van der Waals surface area (Å²) in [6.07, 6.45) is 1.73. The summed E-state index contributed by atoms with van der Waals surface area (Å²) in [7, 11) is 0. The van der Waals surface area contributed by atoms with Crippen LogP contribution in [0.2, 0.25) is 0 Å². The number of nitrogens with one attached hydrogen (secondary N) is 2. The lowest BCUT2D eigenvalue weighted by atomic mass is 10.2. The first-order valence-electron chi connectivity index (χ1n) is 9.00. The molecule has 1 aromatic carbocycles. The van der Waals surface area contributed by atoms with Gasteiger partial charge in [0.1, 0.15) is 11.6 Å². The molecular weight excluding hydrogens is 340 g/mol. The van der Waals surface area contributed by atoms with Crippen LogP contribution in [0.1, 0.15) is 5.69 Å². The molecule has 3 heterocycles. The molecular formula is C20H22N6O. The molecule has 2 aromatic heterocycles. The smallest absolute Gasteiger partial charge is 0.230 e. The van der Waals surface area contributed by atoms with Crippen molar-refractivity contribution in [1.82, 2.24) is 15.0 Å². The van der Waals surface area contributed by atoms with E-state index in [2.05, 4.69) is 54.8 Å². The van der Waals surface area contributed by atoms with Gasteiger partial charge in [-0.05, 0) is 43.3 Å². The number of benzene rings is 1. The Hall–Kier alpha value is -3.19. The number of pyridine rings is 1. The van der Waals surface area contributed by atoms with Crippen LogP contribution in [0.15, 0.2) is 54.7 Å². The summed E-state index contributed by atoms with van der Waals surface area (Å²) in [6.45, 7) is 5.37. The Morgan fingerprint density at radius 3 is 2.48 bits per heavy atom. The number of morpholine rings is 1. The molecule has 1 fully saturated rings. The first kappa shape index (κ1) is 17.2. The predicted molar refractivity (Wildman–Crippen MR) is 107 cm³/mol. The zero-order valence-corrected chi connectivity index (χ0v) is 15.2. The third-order valence-corrected chi connectivity index (χ3v) is 4.27. The monoisotopic (exact) mass is 362 g/mol. The van der Waals surface area contributed by atoms with Crippen LogP contribution in [-0.4, -0.2) is 41.3 Å². The lowest BCUT2D eigenvalue weighted by Crippen LogP contribution is -2.36. The Morgan fingerprint density at radius 2 is 1.74 bits per heavy atom. The van der Waals surface area contributed by atoms with E-state index in [4.69, 9.17) is 4.74 Å². The van der Waals surface area contributed by atoms with Crippen LogP contribution in [0.4, 0.5) is 29.0 Å². The second kappa shape index (κ2) is 8.01. The van der Waals surface area contributed by atoms with Gasteiger partial charge in [0.2, 0.25) is 5.95 Å². The molecule has 1 saturated heterocycles. The van der Waals surface area contributed by atoms with Crippen molar-refractivity contribution in [2.75, 3.05) is 41.8 Å². The van der Waals surface area contributed by atoms with Gasteiger partial charge in [0.25, 0.3) is 0 Å². The fraction of sp³-hybridized carbons (Fsp3) is 0.250. The SMILES string of the molecule is Cc1cc(Nc2ccc(N3CCOCC3)cc2)nc(Nc2ccccn2)n1. The minimum atomic E-state index is 0.515. The van der Waals surface area contributed by atoms with Crippen LogP contribution < -0.4 is 15.5 Å². The van der Waals surface area contributed by atoms with E-state index in [0.29, 0.717) is 11.8 Å². The quantitative estimate of drug-likeness (QED) is 0.719. The van der Waals surface area contributed by atoms with E-state index in [1.807, 2.05) is 31.2 Å². The van der Waals surface area contributed by atoms with Gasteiger partial charge in [-0.2, -0.15) is 4.98 Å². The van der Waals surface area contributed by atoms with Gasteiger partial charge in [-0.15, -0.1) is 0 Å². The van der Waals surface area contributed by atoms with Crippen molar-refractivity contribution in [2.45, 2.75) is 6.92 Å². The lowest BCUT2D eigenvalue weighted by molar-refractivity contribution is 0.122. The Kier molecular flexibility index (Phi) is 5.11. The lowest BCUT2D eigenvalue weighted by Gasteiger charge is -2.28. The summed E-state index contributed by atoms with van der Waals surface area (Å²) in [6, 6.07) is 15.9. The van der Waals surface area contributed by atoms with Crippen molar-refractivity contribution in [3.8, 4) is 0 Å². The van der Waals surface area contributed by atoms with E-state index in [-0.39, 0.29) is 0 Å². The van der Waals surface area contributed by atoms with Gasteiger partial charge in [0.05, 0.1) is 13.2 Å². The summed E-state index contributed by atoms with van der Waals surface area (Å²) >= 11 is 0. The number of anilines is 5. The second-order valence-electron chi connectivity index (χ2n) is 6.33. The van der Waals surface area contributed by atoms with E-state index in [1.165, 1.54) is 5.69 Å². The molecule has 7 nitrogen and oxygen atoms in total. The molecule has 0 spiro atoms. The molecule has 0 amide bonds. The Bertz CT molecular complexity index is 879. The second-order valence-corrected chi connectivity index (χ2v) is 6.33. The highest BCUT2D eigenvalue weighted by atomic mass is 16.5. The Balaban J connectivity index is 1.47. The van der Waals surface area contributed by atoms with Crippen molar-refractivity contribution < 1.29 is 4.74 Å². The topological polar surface area (TPSA) is 75.2 Å². The van der Waals surface area contributed by atoms with Crippen LogP contribution >= 0.6 is 0 Å². The fourth-order valence-corrected chi connectivity index (χ4v) is 2.96. The maximum atomic E-state index is 5.41. The van der Waals surface area contributed by atoms with Crippen LogP contribution in [0, 0.1) is 6.92 Å². The number of hydrogen-bond acceptors (Lipinski definition) is 7. The maximum Gasteiger partial charge on any atom is 0.230 e. The number of aryl methyl sites for hydroxylation is 1. The normalized spacial score (nSPS) is 14.0. The zero-order valence-electron chi connectivity index (χ0n) is 15.2. The van der Waals surface area contributed by atoms with E-state index in [9.17, 15) is 0 Å². The van der Waals surface area contributed by atoms with Gasteiger partial charge in [-0.3, -0.25) is 0 Å². The Labute approximate surface area is 158 Å². The third-order valence-electron chi connectivity index (χ3n) is 4.27. The first-order chi connectivity index (χ1) is 13.3. The summed E-state index contributed by atoms with van der Waals surface area (Å²) in [5.74, 6) is 1.96. The molecule has 0 saturated carbocycles. The summed E-state index contributed by atoms with van der Waals surface area (Å²) in [5, 5.41) is 6.48. The van der Waals surface area contributed by atoms with Crippen LogP contribution in [0.25, 0.3) is 0 Å². The number of nitrogens with zero attached hydrogens (tertiary/aromatic N) is 4. The van der Waals surface area contributed by atoms with Crippen LogP contribution in [0.5, 0.6) is 0 Å². The van der Waals surface area contributed by atoms with E-state index in [0.717, 1.165) is 43.5 Å². The molecule has 0 radical (unpaired) electrons. The highest BCUT2D eigenvalue weighted by Gasteiger charge is 2.11. The van der Waals surface area contributed by atoms with E-state index in [1.54, 1.807) is 6.20 Å². The van der Waals surface area contributed by atoms with E-state index >= 15 is 0 Å². The number of ether oxygens (including phenoxy) is 1. The molecule has 2 N–H and O–H groups in total. The standard InChI is InChI=1S/C20H22N6O/c1-15-14-19(25-20(22-15)24-18-4-2-3-9-21-18)23-16-5-7-17(8-6-16)26-10-12-27-13-11-26/h2-9,14H,10-13H2,1H3,(H2,21,22,23,24,25). The molecule has 0 unspecified atom stereocenters. The average Bonchev–Trinajstić information content (AvgIpc) is 2.70. The van der Waals surface area contributed by atoms with Crippen molar-refractivity contribution in [1.29, 1.82) is 0 Å². The molecule has 1 aliphatic heterocycles. The van der Waals surface area contributed by atoms with Crippen LogP contribution in [0.3, 0.4) is 0 Å². The number of aromatic nitrogens is 3. The average molecular weight is 362 g/mol. The molecule has 3 aromatic rings. The summed E-state index contributed by atoms with van der Waals surface area (Å²) < 4.78 is 5.41.